The van der Waals surface area contributed by atoms with E-state index >= 15 is 0 Å². The zero-order chi connectivity index (χ0) is 15.4. The van der Waals surface area contributed by atoms with Crippen molar-refractivity contribution < 1.29 is 19.0 Å². The normalized spacial score (nSPS) is 23.3. The third-order valence-corrected chi connectivity index (χ3v) is 4.08. The Balaban J connectivity index is 1.63. The number of hydrogen-bond acceptors (Lipinski definition) is 4. The van der Waals surface area contributed by atoms with E-state index in [2.05, 4.69) is 6.92 Å². The molecule has 0 unspecified atom stereocenters. The molecule has 0 spiro atoms. The molecular formula is C17H23NO4. The number of carbonyl (C=O) groups is 1. The van der Waals surface area contributed by atoms with Gasteiger partial charge in [-0.05, 0) is 25.0 Å². The van der Waals surface area contributed by atoms with Crippen LogP contribution in [-0.2, 0) is 9.53 Å². The number of ether oxygens (including phenoxy) is 3. The van der Waals surface area contributed by atoms with Gasteiger partial charge in [0.1, 0.15) is 6.61 Å². The van der Waals surface area contributed by atoms with Crippen molar-refractivity contribution in [3.8, 4) is 11.5 Å². The SMILES string of the molecule is CCCN(C[C@H]1COc2ccccc2O1)C(=O)[C@H]1CCOC1. The summed E-state index contributed by atoms with van der Waals surface area (Å²) < 4.78 is 17.0. The molecule has 2 heterocycles. The fourth-order valence-electron chi connectivity index (χ4n) is 2.95. The molecule has 1 amide bonds. The number of nitrogens with zero attached hydrogens (tertiary/aromatic N) is 1. The molecule has 5 heteroatoms. The first-order chi connectivity index (χ1) is 10.8. The van der Waals surface area contributed by atoms with Gasteiger partial charge in [0.2, 0.25) is 5.91 Å². The van der Waals surface area contributed by atoms with Gasteiger partial charge in [-0.3, -0.25) is 4.79 Å². The van der Waals surface area contributed by atoms with Crippen LogP contribution < -0.4 is 9.47 Å². The van der Waals surface area contributed by atoms with Gasteiger partial charge < -0.3 is 19.1 Å². The predicted octanol–water partition coefficient (Wildman–Crippen LogP) is 2.10. The maximum Gasteiger partial charge on any atom is 0.228 e. The number of fused-ring (bicyclic) bond motifs is 1. The van der Waals surface area contributed by atoms with Gasteiger partial charge in [-0.25, -0.2) is 0 Å². The molecule has 2 aliphatic heterocycles. The van der Waals surface area contributed by atoms with Crippen molar-refractivity contribution >= 4 is 5.91 Å². The fourth-order valence-corrected chi connectivity index (χ4v) is 2.95. The summed E-state index contributed by atoms with van der Waals surface area (Å²) in [7, 11) is 0. The molecule has 1 saturated heterocycles. The molecule has 0 saturated carbocycles. The summed E-state index contributed by atoms with van der Waals surface area (Å²) in [6, 6.07) is 7.65. The van der Waals surface area contributed by atoms with Crippen molar-refractivity contribution in [2.75, 3.05) is 32.9 Å². The van der Waals surface area contributed by atoms with E-state index in [1.54, 1.807) is 0 Å². The van der Waals surface area contributed by atoms with E-state index in [0.717, 1.165) is 30.9 Å². The van der Waals surface area contributed by atoms with Gasteiger partial charge in [0.05, 0.1) is 19.1 Å². The van der Waals surface area contributed by atoms with Crippen LogP contribution in [0.15, 0.2) is 24.3 Å². The maximum atomic E-state index is 12.6. The molecule has 1 aromatic rings. The summed E-state index contributed by atoms with van der Waals surface area (Å²) in [5.74, 6) is 1.72. The number of carbonyl (C=O) groups excluding carboxylic acids is 1. The molecule has 0 radical (unpaired) electrons. The summed E-state index contributed by atoms with van der Waals surface area (Å²) in [4.78, 5) is 14.5. The first-order valence-electron chi connectivity index (χ1n) is 8.03. The molecule has 1 fully saturated rings. The van der Waals surface area contributed by atoms with Crippen molar-refractivity contribution in [1.82, 2.24) is 4.90 Å². The second-order valence-corrected chi connectivity index (χ2v) is 5.84. The summed E-state index contributed by atoms with van der Waals surface area (Å²) in [5.41, 5.74) is 0. The van der Waals surface area contributed by atoms with Gasteiger partial charge in [0, 0.05) is 13.2 Å². The molecule has 0 aromatic heterocycles. The number of rotatable bonds is 5. The minimum atomic E-state index is -0.118. The highest BCUT2D eigenvalue weighted by molar-refractivity contribution is 5.79. The molecule has 2 atom stereocenters. The van der Waals surface area contributed by atoms with Gasteiger partial charge in [-0.1, -0.05) is 19.1 Å². The van der Waals surface area contributed by atoms with E-state index in [9.17, 15) is 4.79 Å². The van der Waals surface area contributed by atoms with Gasteiger partial charge >= 0.3 is 0 Å². The zero-order valence-electron chi connectivity index (χ0n) is 13.0. The molecule has 5 nitrogen and oxygen atoms in total. The molecule has 2 aliphatic rings. The molecule has 0 N–H and O–H groups in total. The molecule has 3 rings (SSSR count). The average molecular weight is 305 g/mol. The van der Waals surface area contributed by atoms with E-state index in [-0.39, 0.29) is 17.9 Å². The lowest BCUT2D eigenvalue weighted by molar-refractivity contribution is -0.137. The van der Waals surface area contributed by atoms with Crippen LogP contribution in [0.3, 0.4) is 0 Å². The molecule has 0 aliphatic carbocycles. The maximum absolute atomic E-state index is 12.6. The Hall–Kier alpha value is -1.75. The lowest BCUT2D eigenvalue weighted by Crippen LogP contribution is -2.46. The highest BCUT2D eigenvalue weighted by Gasteiger charge is 2.31. The van der Waals surface area contributed by atoms with Crippen LogP contribution in [0.25, 0.3) is 0 Å². The first kappa shape index (κ1) is 15.2. The van der Waals surface area contributed by atoms with Gasteiger partial charge in [-0.15, -0.1) is 0 Å². The Morgan fingerprint density at radius 3 is 2.82 bits per heavy atom. The van der Waals surface area contributed by atoms with Crippen molar-refractivity contribution in [2.45, 2.75) is 25.9 Å². The molecule has 1 aromatic carbocycles. The summed E-state index contributed by atoms with van der Waals surface area (Å²) in [6.07, 6.45) is 1.64. The van der Waals surface area contributed by atoms with Crippen LogP contribution in [-0.4, -0.2) is 49.8 Å². The van der Waals surface area contributed by atoms with E-state index in [0.29, 0.717) is 26.4 Å². The average Bonchev–Trinajstić information content (AvgIpc) is 3.08. The largest absolute Gasteiger partial charge is 0.486 e. The van der Waals surface area contributed by atoms with Crippen molar-refractivity contribution in [3.63, 3.8) is 0 Å². The van der Waals surface area contributed by atoms with E-state index in [4.69, 9.17) is 14.2 Å². The lowest BCUT2D eigenvalue weighted by Gasteiger charge is -2.32. The number of hydrogen-bond donors (Lipinski definition) is 0. The second-order valence-electron chi connectivity index (χ2n) is 5.84. The van der Waals surface area contributed by atoms with Crippen LogP contribution in [0, 0.1) is 5.92 Å². The quantitative estimate of drug-likeness (QED) is 0.836. The Bertz CT molecular complexity index is 513. The second kappa shape index (κ2) is 7.01. The summed E-state index contributed by atoms with van der Waals surface area (Å²) in [5, 5.41) is 0. The van der Waals surface area contributed by atoms with Gasteiger partial charge in [-0.2, -0.15) is 0 Å². The monoisotopic (exact) mass is 305 g/mol. The van der Waals surface area contributed by atoms with Crippen LogP contribution in [0.2, 0.25) is 0 Å². The minimum absolute atomic E-state index is 0.00310. The van der Waals surface area contributed by atoms with Crippen LogP contribution in [0.1, 0.15) is 19.8 Å². The topological polar surface area (TPSA) is 48.0 Å². The molecule has 0 bridgehead atoms. The number of amides is 1. The van der Waals surface area contributed by atoms with E-state index in [1.165, 1.54) is 0 Å². The predicted molar refractivity (Wildman–Crippen MR) is 82.2 cm³/mol. The summed E-state index contributed by atoms with van der Waals surface area (Å²) >= 11 is 0. The van der Waals surface area contributed by atoms with Crippen LogP contribution >= 0.6 is 0 Å². The first-order valence-corrected chi connectivity index (χ1v) is 8.03. The van der Waals surface area contributed by atoms with Gasteiger partial charge in [0.15, 0.2) is 17.6 Å². The molecule has 22 heavy (non-hydrogen) atoms. The highest BCUT2D eigenvalue weighted by atomic mass is 16.6. The highest BCUT2D eigenvalue weighted by Crippen LogP contribution is 2.31. The Morgan fingerprint density at radius 2 is 2.09 bits per heavy atom. The molecular weight excluding hydrogens is 282 g/mol. The smallest absolute Gasteiger partial charge is 0.228 e. The Labute approximate surface area is 131 Å². The molecule has 120 valence electrons. The fraction of sp³-hybridized carbons (Fsp3) is 0.588. The van der Waals surface area contributed by atoms with Crippen molar-refractivity contribution in [1.29, 1.82) is 0 Å². The zero-order valence-corrected chi connectivity index (χ0v) is 13.0. The third kappa shape index (κ3) is 3.35. The van der Waals surface area contributed by atoms with Crippen LogP contribution in [0.4, 0.5) is 0 Å². The number of para-hydroxylation sites is 2. The van der Waals surface area contributed by atoms with E-state index < -0.39 is 0 Å². The van der Waals surface area contributed by atoms with Crippen molar-refractivity contribution in [3.05, 3.63) is 24.3 Å². The summed E-state index contributed by atoms with van der Waals surface area (Å²) in [6.45, 7) is 5.11. The number of benzene rings is 1. The van der Waals surface area contributed by atoms with E-state index in [1.807, 2.05) is 29.2 Å². The minimum Gasteiger partial charge on any atom is -0.486 e. The lowest BCUT2D eigenvalue weighted by atomic mass is 10.1. The third-order valence-electron chi connectivity index (χ3n) is 4.08. The van der Waals surface area contributed by atoms with Gasteiger partial charge in [0.25, 0.3) is 0 Å². The Kier molecular flexibility index (Phi) is 4.83. The van der Waals surface area contributed by atoms with Crippen LogP contribution in [0.5, 0.6) is 11.5 Å². The Morgan fingerprint density at radius 1 is 1.27 bits per heavy atom. The van der Waals surface area contributed by atoms with Crippen molar-refractivity contribution in [2.24, 2.45) is 5.92 Å². The standard InChI is InChI=1S/C17H23NO4/c1-2-8-18(17(19)13-7-9-20-11-13)10-14-12-21-15-5-3-4-6-16(15)22-14/h3-6,13-14H,2,7-12H2,1H3/t13-,14-/m0/s1.